The lowest BCUT2D eigenvalue weighted by Gasteiger charge is -2.07. The first kappa shape index (κ1) is 14.7. The molecule has 3 nitrogen and oxygen atoms in total. The first-order valence-electron chi connectivity index (χ1n) is 6.00. The molecular weight excluding hydrogens is 297 g/mol. The number of carbonyl (C=O) groups is 1. The van der Waals surface area contributed by atoms with Crippen molar-refractivity contribution in [1.82, 2.24) is 5.32 Å². The molecule has 0 aliphatic heterocycles. The Bertz CT molecular complexity index is 612. The van der Waals surface area contributed by atoms with Crippen molar-refractivity contribution in [2.45, 2.75) is 12.4 Å². The van der Waals surface area contributed by atoms with Gasteiger partial charge in [0.2, 0.25) is 0 Å². The van der Waals surface area contributed by atoms with Crippen molar-refractivity contribution in [1.29, 1.82) is 0 Å². The van der Waals surface area contributed by atoms with Crippen molar-refractivity contribution < 1.29 is 9.90 Å². The molecule has 2 N–H and O–H groups in total. The van der Waals surface area contributed by atoms with Gasteiger partial charge in [-0.2, -0.15) is 0 Å². The number of benzene rings is 2. The van der Waals surface area contributed by atoms with Crippen LogP contribution in [0, 0.1) is 0 Å². The van der Waals surface area contributed by atoms with Crippen LogP contribution in [-0.4, -0.2) is 11.0 Å². The van der Waals surface area contributed by atoms with Crippen LogP contribution in [-0.2, 0) is 12.4 Å². The zero-order valence-electron chi connectivity index (χ0n) is 10.6. The number of carbonyl (C=O) groups excluding carboxylic acids is 1. The van der Waals surface area contributed by atoms with E-state index in [2.05, 4.69) is 5.32 Å². The molecule has 2 aromatic carbocycles. The highest BCUT2D eigenvalue weighted by molar-refractivity contribution is 6.30. The maximum atomic E-state index is 11.9. The maximum Gasteiger partial charge on any atom is 0.255 e. The first-order valence-corrected chi connectivity index (χ1v) is 6.92. The molecule has 104 valence electrons. The summed E-state index contributed by atoms with van der Waals surface area (Å²) in [6.07, 6.45) is 0. The summed E-state index contributed by atoms with van der Waals surface area (Å²) in [7, 11) is 0. The molecule has 0 atom stereocenters. The fraction of sp³-hybridized carbons (Fsp3) is 0.133. The highest BCUT2D eigenvalue weighted by Crippen LogP contribution is 2.21. The molecule has 0 bridgehead atoms. The largest absolute Gasteiger partial charge is 0.507 e. The van der Waals surface area contributed by atoms with Crippen molar-refractivity contribution in [2.24, 2.45) is 0 Å². The molecule has 0 saturated carbocycles. The monoisotopic (exact) mass is 309 g/mol. The van der Waals surface area contributed by atoms with E-state index in [4.69, 9.17) is 23.2 Å². The normalized spacial score (nSPS) is 10.3. The lowest BCUT2D eigenvalue weighted by molar-refractivity contribution is 0.0948. The van der Waals surface area contributed by atoms with Crippen molar-refractivity contribution in [3.63, 3.8) is 0 Å². The third kappa shape index (κ3) is 3.65. The van der Waals surface area contributed by atoms with Gasteiger partial charge in [0.25, 0.3) is 5.91 Å². The molecule has 0 fully saturated rings. The van der Waals surface area contributed by atoms with Crippen LogP contribution in [0.15, 0.2) is 42.5 Å². The Labute approximate surface area is 127 Å². The Morgan fingerprint density at radius 3 is 2.35 bits per heavy atom. The van der Waals surface area contributed by atoms with Crippen molar-refractivity contribution in [2.75, 3.05) is 0 Å². The minimum Gasteiger partial charge on any atom is -0.507 e. The number of nitrogens with one attached hydrogen (secondary N) is 1. The van der Waals surface area contributed by atoms with Crippen LogP contribution in [0.3, 0.4) is 0 Å². The summed E-state index contributed by atoms with van der Waals surface area (Å²) < 4.78 is 0. The van der Waals surface area contributed by atoms with E-state index in [9.17, 15) is 9.90 Å². The Morgan fingerprint density at radius 1 is 1.10 bits per heavy atom. The van der Waals surface area contributed by atoms with Crippen molar-refractivity contribution >= 4 is 29.1 Å². The van der Waals surface area contributed by atoms with Crippen molar-refractivity contribution in [3.05, 3.63) is 64.2 Å². The molecule has 20 heavy (non-hydrogen) atoms. The number of aromatic hydroxyl groups is 1. The Hall–Kier alpha value is -1.71. The number of phenols is 1. The van der Waals surface area contributed by atoms with Crippen LogP contribution in [0.5, 0.6) is 5.75 Å². The molecule has 0 unspecified atom stereocenters. The van der Waals surface area contributed by atoms with Gasteiger partial charge >= 0.3 is 0 Å². The fourth-order valence-corrected chi connectivity index (χ4v) is 2.07. The number of phenolic OH excluding ortho intramolecular Hbond substituents is 1. The van der Waals surface area contributed by atoms with E-state index in [-0.39, 0.29) is 17.2 Å². The van der Waals surface area contributed by atoms with Crippen LogP contribution in [0.2, 0.25) is 5.02 Å². The van der Waals surface area contributed by atoms with Crippen LogP contribution in [0.4, 0.5) is 0 Å². The Balaban J connectivity index is 2.00. The van der Waals surface area contributed by atoms with E-state index in [1.165, 1.54) is 12.1 Å². The smallest absolute Gasteiger partial charge is 0.255 e. The minimum absolute atomic E-state index is 0.132. The SMILES string of the molecule is O=C(NCc1ccc(CCl)cc1)c1ccc(Cl)cc1O. The summed E-state index contributed by atoms with van der Waals surface area (Å²) in [5, 5.41) is 12.8. The second kappa shape index (κ2) is 6.64. The summed E-state index contributed by atoms with van der Waals surface area (Å²) >= 11 is 11.4. The number of rotatable bonds is 4. The van der Waals surface area contributed by atoms with E-state index in [1.54, 1.807) is 6.07 Å². The molecule has 0 heterocycles. The second-order valence-corrected chi connectivity index (χ2v) is 5.00. The van der Waals surface area contributed by atoms with E-state index in [1.807, 2.05) is 24.3 Å². The summed E-state index contributed by atoms with van der Waals surface area (Å²) in [6.45, 7) is 0.378. The highest BCUT2D eigenvalue weighted by atomic mass is 35.5. The van der Waals surface area contributed by atoms with E-state index < -0.39 is 0 Å². The van der Waals surface area contributed by atoms with Gasteiger partial charge < -0.3 is 10.4 Å². The van der Waals surface area contributed by atoms with Gasteiger partial charge in [0.1, 0.15) is 5.75 Å². The van der Waals surface area contributed by atoms with Gasteiger partial charge in [-0.25, -0.2) is 0 Å². The van der Waals surface area contributed by atoms with Crippen LogP contribution >= 0.6 is 23.2 Å². The number of halogens is 2. The van der Waals surface area contributed by atoms with Gasteiger partial charge in [-0.1, -0.05) is 35.9 Å². The predicted octanol–water partition coefficient (Wildman–Crippen LogP) is 3.71. The fourth-order valence-electron chi connectivity index (χ4n) is 1.72. The van der Waals surface area contributed by atoms with Crippen LogP contribution in [0.1, 0.15) is 21.5 Å². The molecule has 0 saturated heterocycles. The molecular formula is C15H13Cl2NO2. The number of amides is 1. The number of hydrogen-bond acceptors (Lipinski definition) is 2. The lowest BCUT2D eigenvalue weighted by Crippen LogP contribution is -2.22. The van der Waals surface area contributed by atoms with Gasteiger partial charge in [-0.05, 0) is 29.3 Å². The van der Waals surface area contributed by atoms with Gasteiger partial charge in [0.15, 0.2) is 0 Å². The zero-order chi connectivity index (χ0) is 14.5. The third-order valence-electron chi connectivity index (χ3n) is 2.83. The van der Waals surface area contributed by atoms with Gasteiger partial charge in [-0.3, -0.25) is 4.79 Å². The number of alkyl halides is 1. The van der Waals surface area contributed by atoms with Crippen LogP contribution < -0.4 is 5.32 Å². The minimum atomic E-state index is -0.347. The maximum absolute atomic E-state index is 11.9. The lowest BCUT2D eigenvalue weighted by atomic mass is 10.1. The van der Waals surface area contributed by atoms with Gasteiger partial charge in [-0.15, -0.1) is 11.6 Å². The molecule has 2 rings (SSSR count). The molecule has 0 radical (unpaired) electrons. The van der Waals surface area contributed by atoms with Gasteiger partial charge in [0.05, 0.1) is 5.56 Å². The van der Waals surface area contributed by atoms with E-state index >= 15 is 0 Å². The molecule has 0 aromatic heterocycles. The highest BCUT2D eigenvalue weighted by Gasteiger charge is 2.10. The van der Waals surface area contributed by atoms with Crippen LogP contribution in [0.25, 0.3) is 0 Å². The first-order chi connectivity index (χ1) is 9.60. The average molecular weight is 310 g/mol. The molecule has 0 aliphatic carbocycles. The molecule has 0 spiro atoms. The quantitative estimate of drug-likeness (QED) is 0.846. The number of hydrogen-bond donors (Lipinski definition) is 2. The molecule has 0 aliphatic rings. The Kier molecular flexibility index (Phi) is 4.88. The van der Waals surface area contributed by atoms with Gasteiger partial charge in [0, 0.05) is 17.4 Å². The average Bonchev–Trinajstić information content (AvgIpc) is 2.45. The summed E-state index contributed by atoms with van der Waals surface area (Å²) in [5.74, 6) is -0.0151. The topological polar surface area (TPSA) is 49.3 Å². The summed E-state index contributed by atoms with van der Waals surface area (Å²) in [6, 6.07) is 12.0. The Morgan fingerprint density at radius 2 is 1.75 bits per heavy atom. The van der Waals surface area contributed by atoms with E-state index in [0.29, 0.717) is 17.4 Å². The third-order valence-corrected chi connectivity index (χ3v) is 3.38. The molecule has 1 amide bonds. The zero-order valence-corrected chi connectivity index (χ0v) is 12.1. The van der Waals surface area contributed by atoms with E-state index in [0.717, 1.165) is 11.1 Å². The molecule has 5 heteroatoms. The predicted molar refractivity (Wildman–Crippen MR) is 80.3 cm³/mol. The second-order valence-electron chi connectivity index (χ2n) is 4.29. The summed E-state index contributed by atoms with van der Waals surface area (Å²) in [5.41, 5.74) is 2.18. The molecule has 2 aromatic rings. The summed E-state index contributed by atoms with van der Waals surface area (Å²) in [4.78, 5) is 11.9. The standard InChI is InChI=1S/C15H13Cl2NO2/c16-8-10-1-3-11(4-2-10)9-18-15(20)13-6-5-12(17)7-14(13)19/h1-7,19H,8-9H2,(H,18,20). The van der Waals surface area contributed by atoms with Crippen molar-refractivity contribution in [3.8, 4) is 5.75 Å².